The number of aromatic hydroxyl groups is 1. The first kappa shape index (κ1) is 22.7. The normalized spacial score (nSPS) is 15.1. The number of thiocarbonyl (C=S) groups is 1. The summed E-state index contributed by atoms with van der Waals surface area (Å²) in [5.74, 6) is 1.53. The Labute approximate surface area is 209 Å². The van der Waals surface area contributed by atoms with E-state index in [0.717, 1.165) is 33.5 Å². The van der Waals surface area contributed by atoms with E-state index in [2.05, 4.69) is 35.6 Å². The fourth-order valence-electron chi connectivity index (χ4n) is 4.40. The third-order valence-corrected chi connectivity index (χ3v) is 6.43. The highest BCUT2D eigenvalue weighted by Crippen LogP contribution is 2.39. The van der Waals surface area contributed by atoms with Crippen LogP contribution < -0.4 is 14.8 Å². The smallest absolute Gasteiger partial charge is 0.194 e. The Morgan fingerprint density at radius 1 is 0.943 bits per heavy atom. The maximum absolute atomic E-state index is 10.6. The summed E-state index contributed by atoms with van der Waals surface area (Å²) in [6.45, 7) is 0. The number of phenolic OH excluding ortho intramolecular Hbond substituents is 1. The molecule has 1 aliphatic rings. The number of rotatable bonds is 5. The number of anilines is 1. The van der Waals surface area contributed by atoms with Gasteiger partial charge in [-0.15, -0.1) is 0 Å². The van der Waals surface area contributed by atoms with E-state index in [-0.39, 0.29) is 11.8 Å². The Balaban J connectivity index is 1.56. The van der Waals surface area contributed by atoms with Gasteiger partial charge in [-0.25, -0.2) is 5.01 Å². The van der Waals surface area contributed by atoms with Gasteiger partial charge < -0.3 is 19.9 Å². The lowest BCUT2D eigenvalue weighted by atomic mass is 9.94. The van der Waals surface area contributed by atoms with Crippen molar-refractivity contribution in [1.29, 1.82) is 0 Å². The number of benzene rings is 4. The van der Waals surface area contributed by atoms with Gasteiger partial charge in [-0.3, -0.25) is 0 Å². The van der Waals surface area contributed by atoms with E-state index in [0.29, 0.717) is 22.8 Å². The molecule has 1 aliphatic heterocycles. The fraction of sp³-hybridized carbons (Fsp3) is 0.143. The van der Waals surface area contributed by atoms with Crippen molar-refractivity contribution in [3.8, 4) is 17.2 Å². The minimum Gasteiger partial charge on any atom is -0.507 e. The number of fused-ring (bicyclic) bond motifs is 1. The molecular formula is C28H25N3O3S. The van der Waals surface area contributed by atoms with Gasteiger partial charge in [0.1, 0.15) is 17.2 Å². The van der Waals surface area contributed by atoms with Crippen LogP contribution in [0.25, 0.3) is 10.8 Å². The Morgan fingerprint density at radius 3 is 2.51 bits per heavy atom. The molecule has 6 nitrogen and oxygen atoms in total. The SMILES string of the molecule is COc1cccc(NC(=S)N2N=C(c3cc(OC)ccc3O)CC2c2cccc3ccccc23)c1. The van der Waals surface area contributed by atoms with Crippen LogP contribution in [-0.4, -0.2) is 35.2 Å². The summed E-state index contributed by atoms with van der Waals surface area (Å²) in [5, 5.41) is 23.4. The van der Waals surface area contributed by atoms with Gasteiger partial charge >= 0.3 is 0 Å². The Bertz CT molecular complexity index is 1430. The molecule has 0 radical (unpaired) electrons. The molecule has 0 aromatic heterocycles. The first-order valence-electron chi connectivity index (χ1n) is 11.2. The van der Waals surface area contributed by atoms with Gasteiger partial charge in [-0.1, -0.05) is 48.5 Å². The van der Waals surface area contributed by atoms with Crippen molar-refractivity contribution < 1.29 is 14.6 Å². The van der Waals surface area contributed by atoms with Crippen LogP contribution in [0.1, 0.15) is 23.6 Å². The number of nitrogens with zero attached hydrogens (tertiary/aromatic N) is 2. The molecule has 0 fully saturated rings. The van der Waals surface area contributed by atoms with Crippen molar-refractivity contribution in [2.24, 2.45) is 5.10 Å². The van der Waals surface area contributed by atoms with Crippen LogP contribution in [0.15, 0.2) is 90.0 Å². The number of hydrazone groups is 1. The fourth-order valence-corrected chi connectivity index (χ4v) is 4.68. The third-order valence-electron chi connectivity index (χ3n) is 6.14. The summed E-state index contributed by atoms with van der Waals surface area (Å²) in [6, 6.07) is 27.1. The Hall–Kier alpha value is -4.10. The Morgan fingerprint density at radius 2 is 1.69 bits per heavy atom. The molecule has 35 heavy (non-hydrogen) atoms. The molecule has 5 rings (SSSR count). The highest BCUT2D eigenvalue weighted by Gasteiger charge is 2.33. The van der Waals surface area contributed by atoms with Crippen molar-refractivity contribution in [3.63, 3.8) is 0 Å². The largest absolute Gasteiger partial charge is 0.507 e. The standard InChI is InChI=1S/C28H25N3O3S/c1-33-20-10-6-9-19(15-20)29-28(35)31-26(23-12-5-8-18-7-3-4-11-22(18)23)17-25(30-31)24-16-21(34-2)13-14-27(24)32/h3-16,26,32H,17H2,1-2H3,(H,29,35). The molecule has 4 aromatic rings. The van der Waals surface area contributed by atoms with Crippen molar-refractivity contribution in [3.05, 3.63) is 96.1 Å². The predicted octanol–water partition coefficient (Wildman–Crippen LogP) is 6.11. The van der Waals surface area contributed by atoms with Gasteiger partial charge in [0.05, 0.1) is 26.0 Å². The molecule has 2 N–H and O–H groups in total. The maximum Gasteiger partial charge on any atom is 0.194 e. The number of hydrogen-bond donors (Lipinski definition) is 2. The average molecular weight is 484 g/mol. The second-order valence-electron chi connectivity index (χ2n) is 8.22. The molecule has 1 atom stereocenters. The lowest BCUT2D eigenvalue weighted by molar-refractivity contribution is 0.377. The Kier molecular flexibility index (Phi) is 6.25. The summed E-state index contributed by atoms with van der Waals surface area (Å²) in [6.07, 6.45) is 0.564. The highest BCUT2D eigenvalue weighted by molar-refractivity contribution is 7.80. The molecule has 1 heterocycles. The van der Waals surface area contributed by atoms with E-state index in [1.807, 2.05) is 41.4 Å². The van der Waals surface area contributed by atoms with Crippen LogP contribution in [0.3, 0.4) is 0 Å². The maximum atomic E-state index is 10.6. The quantitative estimate of drug-likeness (QED) is 0.334. The first-order valence-corrected chi connectivity index (χ1v) is 11.6. The molecule has 0 saturated carbocycles. The van der Waals surface area contributed by atoms with Crippen molar-refractivity contribution in [2.75, 3.05) is 19.5 Å². The molecule has 176 valence electrons. The summed E-state index contributed by atoms with van der Waals surface area (Å²) >= 11 is 5.84. The van der Waals surface area contributed by atoms with Crippen LogP contribution in [0.5, 0.6) is 17.2 Å². The first-order chi connectivity index (χ1) is 17.1. The number of phenols is 1. The van der Waals surface area contributed by atoms with Crippen molar-refractivity contribution in [1.82, 2.24) is 5.01 Å². The van der Waals surface area contributed by atoms with Gasteiger partial charge in [0.15, 0.2) is 5.11 Å². The lowest BCUT2D eigenvalue weighted by Gasteiger charge is -2.26. The van der Waals surface area contributed by atoms with Gasteiger partial charge in [0.2, 0.25) is 0 Å². The zero-order valence-corrected chi connectivity index (χ0v) is 20.3. The van der Waals surface area contributed by atoms with Crippen molar-refractivity contribution >= 4 is 39.5 Å². The van der Waals surface area contributed by atoms with E-state index in [9.17, 15) is 5.11 Å². The lowest BCUT2D eigenvalue weighted by Crippen LogP contribution is -2.31. The second-order valence-corrected chi connectivity index (χ2v) is 8.61. The molecule has 0 bridgehead atoms. The van der Waals surface area contributed by atoms with Crippen LogP contribution in [0, 0.1) is 0 Å². The topological polar surface area (TPSA) is 66.3 Å². The highest BCUT2D eigenvalue weighted by atomic mass is 32.1. The van der Waals surface area contributed by atoms with Gasteiger partial charge in [0, 0.05) is 23.7 Å². The minimum atomic E-state index is -0.160. The third kappa shape index (κ3) is 4.50. The monoisotopic (exact) mass is 483 g/mol. The number of hydrogen-bond acceptors (Lipinski definition) is 5. The van der Waals surface area contributed by atoms with Crippen LogP contribution in [0.4, 0.5) is 5.69 Å². The van der Waals surface area contributed by atoms with Crippen LogP contribution in [0.2, 0.25) is 0 Å². The van der Waals surface area contributed by atoms with E-state index in [1.165, 1.54) is 0 Å². The molecule has 0 spiro atoms. The van der Waals surface area contributed by atoms with E-state index in [4.69, 9.17) is 26.8 Å². The van der Waals surface area contributed by atoms with Gasteiger partial charge in [-0.2, -0.15) is 5.10 Å². The molecule has 1 unspecified atom stereocenters. The molecule has 4 aromatic carbocycles. The molecule has 0 saturated heterocycles. The summed E-state index contributed by atoms with van der Waals surface area (Å²) < 4.78 is 10.7. The predicted molar refractivity (Wildman–Crippen MR) is 144 cm³/mol. The summed E-state index contributed by atoms with van der Waals surface area (Å²) in [7, 11) is 3.23. The second kappa shape index (κ2) is 9.64. The number of ether oxygens (including phenoxy) is 2. The van der Waals surface area contributed by atoms with Crippen molar-refractivity contribution in [2.45, 2.75) is 12.5 Å². The van der Waals surface area contributed by atoms with Gasteiger partial charge in [-0.05, 0) is 58.9 Å². The minimum absolute atomic E-state index is 0.148. The summed E-state index contributed by atoms with van der Waals surface area (Å²) in [5.41, 5.74) is 3.27. The van der Waals surface area contributed by atoms with E-state index in [1.54, 1.807) is 32.4 Å². The molecule has 0 amide bonds. The molecule has 7 heteroatoms. The van der Waals surface area contributed by atoms with Crippen LogP contribution in [-0.2, 0) is 0 Å². The number of nitrogens with one attached hydrogen (secondary N) is 1. The zero-order chi connectivity index (χ0) is 24.4. The number of methoxy groups -OCH3 is 2. The van der Waals surface area contributed by atoms with Gasteiger partial charge in [0.25, 0.3) is 0 Å². The average Bonchev–Trinajstić information content (AvgIpc) is 3.34. The van der Waals surface area contributed by atoms with E-state index < -0.39 is 0 Å². The van der Waals surface area contributed by atoms with Crippen LogP contribution >= 0.6 is 12.2 Å². The summed E-state index contributed by atoms with van der Waals surface area (Å²) in [4.78, 5) is 0. The van der Waals surface area contributed by atoms with E-state index >= 15 is 0 Å². The zero-order valence-electron chi connectivity index (χ0n) is 19.4. The molecule has 0 aliphatic carbocycles. The molecular weight excluding hydrogens is 458 g/mol.